The van der Waals surface area contributed by atoms with Crippen molar-refractivity contribution in [3.8, 4) is 0 Å². The largest absolute Gasteiger partial charge is 0.353 e. The maximum Gasteiger partial charge on any atom is 0.203 e. The summed E-state index contributed by atoms with van der Waals surface area (Å²) in [5, 5.41) is 3.75. The van der Waals surface area contributed by atoms with Gasteiger partial charge >= 0.3 is 0 Å². The number of hydrogen-bond acceptors (Lipinski definition) is 2. The molecule has 0 spiro atoms. The van der Waals surface area contributed by atoms with Crippen molar-refractivity contribution >= 4 is 5.95 Å². The maximum absolute atomic E-state index is 4.78. The Bertz CT molecular complexity index is 449. The highest BCUT2D eigenvalue weighted by molar-refractivity contribution is 5.31. The lowest BCUT2D eigenvalue weighted by Crippen LogP contribution is -2.27. The number of nitrogens with zero attached hydrogens (tertiary/aromatic N) is 2. The summed E-state index contributed by atoms with van der Waals surface area (Å²) < 4.78 is 2.45. The van der Waals surface area contributed by atoms with Gasteiger partial charge in [-0.25, -0.2) is 4.98 Å². The molecule has 1 N–H and O–H groups in total. The minimum Gasteiger partial charge on any atom is -0.353 e. The molecule has 2 aliphatic rings. The highest BCUT2D eigenvalue weighted by Crippen LogP contribution is 2.37. The highest BCUT2D eigenvalue weighted by Gasteiger charge is 2.27. The number of imidazole rings is 1. The highest BCUT2D eigenvalue weighted by atomic mass is 15.2. The number of aryl methyl sites for hydroxylation is 1. The average Bonchev–Trinajstić information content (AvgIpc) is 2.80. The van der Waals surface area contributed by atoms with Crippen LogP contribution in [0.1, 0.15) is 76.9 Å². The molecule has 0 amide bonds. The fourth-order valence-electron chi connectivity index (χ4n) is 4.46. The van der Waals surface area contributed by atoms with Crippen LogP contribution in [0.15, 0.2) is 6.20 Å². The van der Waals surface area contributed by atoms with Crippen LogP contribution < -0.4 is 5.32 Å². The van der Waals surface area contributed by atoms with Gasteiger partial charge in [-0.1, -0.05) is 33.1 Å². The minimum atomic E-state index is 0.635. The molecule has 0 aliphatic heterocycles. The molecule has 2 aliphatic carbocycles. The van der Waals surface area contributed by atoms with E-state index in [-0.39, 0.29) is 0 Å². The molecule has 1 aromatic rings. The monoisotopic (exact) mass is 289 g/mol. The lowest BCUT2D eigenvalue weighted by molar-refractivity contribution is 0.222. The third-order valence-electron chi connectivity index (χ3n) is 5.34. The fraction of sp³-hybridized carbons (Fsp3) is 0.833. The summed E-state index contributed by atoms with van der Waals surface area (Å²) >= 11 is 0. The molecule has 1 aromatic heterocycles. The van der Waals surface area contributed by atoms with E-state index in [9.17, 15) is 0 Å². The van der Waals surface area contributed by atoms with Crippen LogP contribution >= 0.6 is 0 Å². The zero-order chi connectivity index (χ0) is 14.8. The first kappa shape index (κ1) is 14.9. The zero-order valence-corrected chi connectivity index (χ0v) is 13.9. The van der Waals surface area contributed by atoms with Gasteiger partial charge in [0.2, 0.25) is 5.95 Å². The van der Waals surface area contributed by atoms with Crippen LogP contribution in [0, 0.1) is 18.8 Å². The van der Waals surface area contributed by atoms with Crippen molar-refractivity contribution in [2.24, 2.45) is 11.8 Å². The Kier molecular flexibility index (Phi) is 4.56. The molecule has 0 saturated heterocycles. The van der Waals surface area contributed by atoms with Crippen LogP contribution in [0.25, 0.3) is 0 Å². The van der Waals surface area contributed by atoms with E-state index in [1.165, 1.54) is 51.4 Å². The van der Waals surface area contributed by atoms with Crippen LogP contribution in [0.4, 0.5) is 5.95 Å². The van der Waals surface area contributed by atoms with Crippen molar-refractivity contribution in [1.29, 1.82) is 0 Å². The number of hydrogen-bond donors (Lipinski definition) is 1. The van der Waals surface area contributed by atoms with Gasteiger partial charge in [0.25, 0.3) is 0 Å². The molecule has 2 atom stereocenters. The van der Waals surface area contributed by atoms with E-state index in [1.807, 2.05) is 0 Å². The maximum atomic E-state index is 4.78. The van der Waals surface area contributed by atoms with Crippen molar-refractivity contribution in [3.63, 3.8) is 0 Å². The first-order chi connectivity index (χ1) is 10.1. The summed E-state index contributed by atoms with van der Waals surface area (Å²) in [6.45, 7) is 6.93. The van der Waals surface area contributed by atoms with Crippen LogP contribution in [0.2, 0.25) is 0 Å². The van der Waals surface area contributed by atoms with Gasteiger partial charge in [-0.2, -0.15) is 0 Å². The molecule has 1 heterocycles. The third kappa shape index (κ3) is 3.61. The topological polar surface area (TPSA) is 29.9 Å². The molecular formula is C18H31N3. The molecule has 21 heavy (non-hydrogen) atoms. The van der Waals surface area contributed by atoms with Gasteiger partial charge in [-0.3, -0.25) is 0 Å². The molecule has 3 rings (SSSR count). The molecule has 2 unspecified atom stereocenters. The van der Waals surface area contributed by atoms with Gasteiger partial charge in [0.05, 0.1) is 5.69 Å². The van der Waals surface area contributed by atoms with E-state index in [4.69, 9.17) is 4.98 Å². The minimum absolute atomic E-state index is 0.635. The lowest BCUT2D eigenvalue weighted by atomic mass is 9.80. The lowest BCUT2D eigenvalue weighted by Gasteiger charge is -2.33. The predicted octanol–water partition coefficient (Wildman–Crippen LogP) is 4.93. The van der Waals surface area contributed by atoms with Gasteiger partial charge in [-0.15, -0.1) is 0 Å². The Labute approximate surface area is 129 Å². The van der Waals surface area contributed by atoms with Crippen LogP contribution in [-0.4, -0.2) is 15.6 Å². The molecular weight excluding hydrogens is 258 g/mol. The molecule has 3 nitrogen and oxygen atoms in total. The summed E-state index contributed by atoms with van der Waals surface area (Å²) in [5.41, 5.74) is 1.15. The van der Waals surface area contributed by atoms with Crippen LogP contribution in [0.5, 0.6) is 0 Å². The first-order valence-electron chi connectivity index (χ1n) is 8.94. The summed E-state index contributed by atoms with van der Waals surface area (Å²) in [6.07, 6.45) is 13.0. The van der Waals surface area contributed by atoms with E-state index in [1.54, 1.807) is 0 Å². The molecule has 0 bridgehead atoms. The van der Waals surface area contributed by atoms with Crippen molar-refractivity contribution in [2.75, 3.05) is 5.32 Å². The summed E-state index contributed by atoms with van der Waals surface area (Å²) in [4.78, 5) is 4.78. The third-order valence-corrected chi connectivity index (χ3v) is 5.34. The van der Waals surface area contributed by atoms with E-state index in [0.29, 0.717) is 12.1 Å². The Morgan fingerprint density at radius 1 is 1.05 bits per heavy atom. The van der Waals surface area contributed by atoms with Gasteiger partial charge in [0, 0.05) is 18.3 Å². The van der Waals surface area contributed by atoms with Crippen molar-refractivity contribution in [1.82, 2.24) is 9.55 Å². The number of rotatable bonds is 3. The van der Waals surface area contributed by atoms with E-state index in [2.05, 4.69) is 36.9 Å². The molecule has 3 heteroatoms. The van der Waals surface area contributed by atoms with Crippen molar-refractivity contribution in [2.45, 2.75) is 84.2 Å². The molecule has 0 aromatic carbocycles. The number of aromatic nitrogens is 2. The second kappa shape index (κ2) is 6.41. The zero-order valence-electron chi connectivity index (χ0n) is 13.9. The van der Waals surface area contributed by atoms with Gasteiger partial charge in [0.1, 0.15) is 0 Å². The molecule has 118 valence electrons. The quantitative estimate of drug-likeness (QED) is 0.854. The summed E-state index contributed by atoms with van der Waals surface area (Å²) in [7, 11) is 0. The van der Waals surface area contributed by atoms with E-state index < -0.39 is 0 Å². The van der Waals surface area contributed by atoms with Gasteiger partial charge < -0.3 is 9.88 Å². The van der Waals surface area contributed by atoms with E-state index in [0.717, 1.165) is 23.5 Å². The molecule has 2 saturated carbocycles. The Hall–Kier alpha value is -0.990. The Balaban J connectivity index is 1.75. The predicted molar refractivity (Wildman–Crippen MR) is 88.7 cm³/mol. The fourth-order valence-corrected chi connectivity index (χ4v) is 4.46. The molecule has 0 radical (unpaired) electrons. The smallest absolute Gasteiger partial charge is 0.203 e. The van der Waals surface area contributed by atoms with Gasteiger partial charge in [0.15, 0.2) is 0 Å². The normalized spacial score (nSPS) is 31.3. The second-order valence-electron chi connectivity index (χ2n) is 7.66. The van der Waals surface area contributed by atoms with Crippen molar-refractivity contribution in [3.05, 3.63) is 11.9 Å². The number of anilines is 1. The standard InChI is InChI=1S/C18H31N3/c1-13-9-14(2)11-17(10-13)21-12-15(3)19-18(21)20-16-7-5-4-6-8-16/h12-14,16-17H,4-11H2,1-3H3,(H,19,20). The Morgan fingerprint density at radius 3 is 2.38 bits per heavy atom. The summed E-state index contributed by atoms with van der Waals surface area (Å²) in [5.74, 6) is 2.80. The van der Waals surface area contributed by atoms with Crippen LogP contribution in [-0.2, 0) is 0 Å². The van der Waals surface area contributed by atoms with Crippen LogP contribution in [0.3, 0.4) is 0 Å². The molecule has 2 fully saturated rings. The van der Waals surface area contributed by atoms with Crippen molar-refractivity contribution < 1.29 is 0 Å². The first-order valence-corrected chi connectivity index (χ1v) is 8.94. The summed E-state index contributed by atoms with van der Waals surface area (Å²) in [6, 6.07) is 1.27. The SMILES string of the molecule is Cc1cn(C2CC(C)CC(C)C2)c(NC2CCCCC2)n1. The Morgan fingerprint density at radius 2 is 1.71 bits per heavy atom. The average molecular weight is 289 g/mol. The van der Waals surface area contributed by atoms with E-state index >= 15 is 0 Å². The van der Waals surface area contributed by atoms with Gasteiger partial charge in [-0.05, 0) is 50.9 Å². The second-order valence-corrected chi connectivity index (χ2v) is 7.66. The number of nitrogens with one attached hydrogen (secondary N) is 1.